The van der Waals surface area contributed by atoms with E-state index in [4.69, 9.17) is 0 Å². The third kappa shape index (κ3) is 4.51. The number of alkyl halides is 3. The molecule has 0 heterocycles. The summed E-state index contributed by atoms with van der Waals surface area (Å²) in [6.07, 6.45) is -7.10. The molecule has 2 N–H and O–H groups in total. The lowest BCUT2D eigenvalue weighted by molar-refractivity contribution is -0.302. The fraction of sp³-hybridized carbons (Fsp3) is 0.429. The molecule has 0 spiro atoms. The van der Waals surface area contributed by atoms with Gasteiger partial charge in [-0.25, -0.2) is 0 Å². The Balaban J connectivity index is 1.79. The molecule has 0 amide bonds. The Hall–Kier alpha value is -1.89. The molecular weight excluding hydrogens is 355 g/mol. The van der Waals surface area contributed by atoms with E-state index in [1.807, 2.05) is 60.7 Å². The van der Waals surface area contributed by atoms with Gasteiger partial charge in [-0.05, 0) is 30.4 Å². The van der Waals surface area contributed by atoms with Crippen molar-refractivity contribution in [2.45, 2.75) is 56.3 Å². The van der Waals surface area contributed by atoms with E-state index in [2.05, 4.69) is 4.90 Å². The van der Waals surface area contributed by atoms with Gasteiger partial charge in [-0.2, -0.15) is 13.2 Å². The lowest BCUT2D eigenvalue weighted by Gasteiger charge is -2.44. The van der Waals surface area contributed by atoms with Crippen molar-refractivity contribution in [2.24, 2.45) is 0 Å². The van der Waals surface area contributed by atoms with Gasteiger partial charge in [0.1, 0.15) is 0 Å². The molecule has 0 radical (unpaired) electrons. The molecule has 2 aromatic carbocycles. The van der Waals surface area contributed by atoms with Crippen LogP contribution in [0.25, 0.3) is 0 Å². The lowest BCUT2D eigenvalue weighted by atomic mass is 9.78. The number of hydrogen-bond acceptors (Lipinski definition) is 3. The standard InChI is InChI=1S/C21H24F3NO2/c22-21(23,24)20(27)12-11-18(13-19(20)26)25(14-16-7-3-1-4-8-16)15-17-9-5-2-6-10-17/h1-10,18-19,26-27H,11-15H2. The Labute approximate surface area is 157 Å². The molecule has 1 fully saturated rings. The van der Waals surface area contributed by atoms with Gasteiger partial charge in [-0.3, -0.25) is 4.90 Å². The molecule has 2 aromatic rings. The zero-order valence-corrected chi connectivity index (χ0v) is 14.9. The zero-order chi connectivity index (χ0) is 19.5. The third-order valence-electron chi connectivity index (χ3n) is 5.37. The van der Waals surface area contributed by atoms with Crippen LogP contribution in [0.2, 0.25) is 0 Å². The van der Waals surface area contributed by atoms with Crippen molar-refractivity contribution in [3.63, 3.8) is 0 Å². The van der Waals surface area contributed by atoms with E-state index < -0.39 is 24.3 Å². The molecule has 3 nitrogen and oxygen atoms in total. The maximum Gasteiger partial charge on any atom is 0.419 e. The third-order valence-corrected chi connectivity index (χ3v) is 5.37. The number of rotatable bonds is 5. The number of halogens is 3. The topological polar surface area (TPSA) is 43.7 Å². The van der Waals surface area contributed by atoms with Crippen molar-refractivity contribution in [3.05, 3.63) is 71.8 Å². The normalized spacial score (nSPS) is 26.3. The van der Waals surface area contributed by atoms with Gasteiger partial charge in [0, 0.05) is 19.1 Å². The number of hydrogen-bond donors (Lipinski definition) is 2. The molecule has 6 heteroatoms. The highest BCUT2D eigenvalue weighted by Crippen LogP contribution is 2.43. The monoisotopic (exact) mass is 379 g/mol. The Morgan fingerprint density at radius 1 is 0.926 bits per heavy atom. The summed E-state index contributed by atoms with van der Waals surface area (Å²) in [6, 6.07) is 19.2. The summed E-state index contributed by atoms with van der Waals surface area (Å²) in [7, 11) is 0. The van der Waals surface area contributed by atoms with Crippen LogP contribution in [0.15, 0.2) is 60.7 Å². The summed E-state index contributed by atoms with van der Waals surface area (Å²) in [5.74, 6) is 0. The van der Waals surface area contributed by atoms with Crippen LogP contribution in [0.4, 0.5) is 13.2 Å². The summed E-state index contributed by atoms with van der Waals surface area (Å²) < 4.78 is 39.5. The van der Waals surface area contributed by atoms with Crippen LogP contribution in [-0.2, 0) is 13.1 Å². The molecule has 0 saturated heterocycles. The highest BCUT2D eigenvalue weighted by molar-refractivity contribution is 5.17. The smallest absolute Gasteiger partial charge is 0.390 e. The van der Waals surface area contributed by atoms with Gasteiger partial charge in [0.05, 0.1) is 6.10 Å². The summed E-state index contributed by atoms with van der Waals surface area (Å²) in [5.41, 5.74) is -0.909. The number of aliphatic hydroxyl groups is 2. The van der Waals surface area contributed by atoms with E-state index in [1.54, 1.807) is 0 Å². The number of benzene rings is 2. The predicted molar refractivity (Wildman–Crippen MR) is 96.8 cm³/mol. The lowest BCUT2D eigenvalue weighted by Crippen LogP contribution is -2.59. The molecule has 0 aliphatic heterocycles. The van der Waals surface area contributed by atoms with Crippen LogP contribution in [0.5, 0.6) is 0 Å². The fourth-order valence-electron chi connectivity index (χ4n) is 3.74. The first-order valence-electron chi connectivity index (χ1n) is 9.08. The summed E-state index contributed by atoms with van der Waals surface area (Å²) in [6.45, 7) is 1.13. The minimum atomic E-state index is -4.83. The van der Waals surface area contributed by atoms with Crippen molar-refractivity contribution in [3.8, 4) is 0 Å². The largest absolute Gasteiger partial charge is 0.419 e. The average Bonchev–Trinajstić information content (AvgIpc) is 2.64. The van der Waals surface area contributed by atoms with E-state index in [0.29, 0.717) is 13.1 Å². The summed E-state index contributed by atoms with van der Waals surface area (Å²) >= 11 is 0. The van der Waals surface area contributed by atoms with Crippen LogP contribution in [0.3, 0.4) is 0 Å². The molecule has 1 aliphatic carbocycles. The van der Waals surface area contributed by atoms with Crippen LogP contribution in [0.1, 0.15) is 30.4 Å². The van der Waals surface area contributed by atoms with E-state index in [1.165, 1.54) is 0 Å². The van der Waals surface area contributed by atoms with Gasteiger partial charge in [-0.1, -0.05) is 60.7 Å². The molecule has 1 aliphatic rings. The Morgan fingerprint density at radius 2 is 1.41 bits per heavy atom. The van der Waals surface area contributed by atoms with Crippen molar-refractivity contribution < 1.29 is 23.4 Å². The summed E-state index contributed by atoms with van der Waals surface area (Å²) in [4.78, 5) is 2.09. The first-order chi connectivity index (χ1) is 12.8. The molecule has 3 rings (SSSR count). The van der Waals surface area contributed by atoms with E-state index >= 15 is 0 Å². The first-order valence-corrected chi connectivity index (χ1v) is 9.08. The molecule has 146 valence electrons. The molecule has 3 unspecified atom stereocenters. The maximum atomic E-state index is 13.2. The molecule has 27 heavy (non-hydrogen) atoms. The van der Waals surface area contributed by atoms with Gasteiger partial charge < -0.3 is 10.2 Å². The van der Waals surface area contributed by atoms with E-state index in [-0.39, 0.29) is 18.9 Å². The SMILES string of the molecule is OC1CC(N(Cc2ccccc2)Cc2ccccc2)CCC1(O)C(F)(F)F. The summed E-state index contributed by atoms with van der Waals surface area (Å²) in [5, 5.41) is 20.1. The molecule has 1 saturated carbocycles. The molecule has 3 atom stereocenters. The average molecular weight is 379 g/mol. The van der Waals surface area contributed by atoms with E-state index in [0.717, 1.165) is 11.1 Å². The van der Waals surface area contributed by atoms with Crippen molar-refractivity contribution in [1.29, 1.82) is 0 Å². The van der Waals surface area contributed by atoms with Crippen molar-refractivity contribution >= 4 is 0 Å². The molecule has 0 bridgehead atoms. The second-order valence-electron chi connectivity index (χ2n) is 7.24. The molecular formula is C21H24F3NO2. The van der Waals surface area contributed by atoms with Crippen molar-refractivity contribution in [2.75, 3.05) is 0 Å². The maximum absolute atomic E-state index is 13.2. The quantitative estimate of drug-likeness (QED) is 0.828. The highest BCUT2D eigenvalue weighted by atomic mass is 19.4. The van der Waals surface area contributed by atoms with E-state index in [9.17, 15) is 23.4 Å². The first kappa shape index (κ1) is 19.9. The van der Waals surface area contributed by atoms with Gasteiger partial charge >= 0.3 is 6.18 Å². The predicted octanol–water partition coefficient (Wildman–Crippen LogP) is 3.90. The van der Waals surface area contributed by atoms with Gasteiger partial charge in [-0.15, -0.1) is 0 Å². The minimum Gasteiger partial charge on any atom is -0.390 e. The Kier molecular flexibility index (Phi) is 5.89. The van der Waals surface area contributed by atoms with Crippen LogP contribution >= 0.6 is 0 Å². The van der Waals surface area contributed by atoms with Gasteiger partial charge in [0.15, 0.2) is 5.60 Å². The second kappa shape index (κ2) is 8.00. The minimum absolute atomic E-state index is 0.115. The second-order valence-corrected chi connectivity index (χ2v) is 7.24. The fourth-order valence-corrected chi connectivity index (χ4v) is 3.74. The van der Waals surface area contributed by atoms with Crippen molar-refractivity contribution in [1.82, 2.24) is 4.90 Å². The Bertz CT molecular complexity index is 682. The van der Waals surface area contributed by atoms with Crippen LogP contribution < -0.4 is 0 Å². The number of aliphatic hydroxyl groups excluding tert-OH is 1. The highest BCUT2D eigenvalue weighted by Gasteiger charge is 2.60. The van der Waals surface area contributed by atoms with Crippen LogP contribution in [-0.4, -0.2) is 39.0 Å². The number of nitrogens with zero attached hydrogens (tertiary/aromatic N) is 1. The van der Waals surface area contributed by atoms with Crippen LogP contribution in [0, 0.1) is 0 Å². The zero-order valence-electron chi connectivity index (χ0n) is 14.9. The molecule has 0 aromatic heterocycles. The van der Waals surface area contributed by atoms with Gasteiger partial charge in [0.2, 0.25) is 0 Å². The van der Waals surface area contributed by atoms with Gasteiger partial charge in [0.25, 0.3) is 0 Å². The Morgan fingerprint density at radius 3 is 1.81 bits per heavy atom.